The highest BCUT2D eigenvalue weighted by Crippen LogP contribution is 2.26. The zero-order valence-corrected chi connectivity index (χ0v) is 24.3. The molecule has 0 unspecified atom stereocenters. The molecule has 1 N–H and O–H groups in total. The van der Waals surface area contributed by atoms with E-state index in [9.17, 15) is 18.0 Å². The predicted octanol–water partition coefficient (Wildman–Crippen LogP) is 4.40. The number of aryl methyl sites for hydroxylation is 1. The molecule has 202 valence electrons. The molecular weight excluding hydrogens is 558 g/mol. The van der Waals surface area contributed by atoms with Gasteiger partial charge in [0, 0.05) is 17.1 Å². The number of benzene rings is 2. The molecular formula is C27H36BrN3O5S. The van der Waals surface area contributed by atoms with Crippen LogP contribution in [0, 0.1) is 6.92 Å². The first-order valence-electron chi connectivity index (χ1n) is 12.5. The average Bonchev–Trinajstić information content (AvgIpc) is 3.36. The Morgan fingerprint density at radius 1 is 1.14 bits per heavy atom. The van der Waals surface area contributed by atoms with Crippen molar-refractivity contribution in [3.63, 3.8) is 0 Å². The van der Waals surface area contributed by atoms with Crippen molar-refractivity contribution in [3.8, 4) is 5.75 Å². The SMILES string of the molecule is CC[C@H](C(=O)NC1CCCC1)N(Cc1ccc(OC)cc1)C(=O)CN(c1ccc(Br)c(C)c1)S(C)(=O)=O. The Balaban J connectivity index is 1.93. The number of methoxy groups -OCH3 is 1. The maximum atomic E-state index is 13.8. The van der Waals surface area contributed by atoms with E-state index in [1.165, 1.54) is 4.90 Å². The van der Waals surface area contributed by atoms with Crippen LogP contribution < -0.4 is 14.4 Å². The Labute approximate surface area is 228 Å². The molecule has 0 heterocycles. The molecule has 3 rings (SSSR count). The standard InChI is InChI=1S/C27H36BrN3O5S/c1-5-25(27(33)29-21-8-6-7-9-21)30(17-20-10-13-23(36-3)14-11-20)26(32)18-31(37(4,34)35)22-12-15-24(28)19(2)16-22/h10-16,21,25H,5-9,17-18H2,1-4H3,(H,29,33)/t25-/m1/s1. The number of nitrogens with zero attached hydrogens (tertiary/aromatic N) is 2. The van der Waals surface area contributed by atoms with Crippen LogP contribution in [0.4, 0.5) is 5.69 Å². The lowest BCUT2D eigenvalue weighted by Gasteiger charge is -2.33. The summed E-state index contributed by atoms with van der Waals surface area (Å²) in [7, 11) is -2.20. The van der Waals surface area contributed by atoms with E-state index in [0.29, 0.717) is 17.9 Å². The van der Waals surface area contributed by atoms with Crippen LogP contribution in [0.5, 0.6) is 5.75 Å². The van der Waals surface area contributed by atoms with Gasteiger partial charge in [0.05, 0.1) is 19.1 Å². The smallest absolute Gasteiger partial charge is 0.244 e. The second kappa shape index (κ2) is 12.8. The van der Waals surface area contributed by atoms with Gasteiger partial charge in [-0.25, -0.2) is 8.42 Å². The van der Waals surface area contributed by atoms with Gasteiger partial charge in [-0.3, -0.25) is 13.9 Å². The number of ether oxygens (including phenoxy) is 1. The number of rotatable bonds is 11. The van der Waals surface area contributed by atoms with E-state index in [0.717, 1.165) is 51.8 Å². The first-order chi connectivity index (χ1) is 17.5. The molecule has 2 amide bonds. The molecule has 1 fully saturated rings. The third-order valence-electron chi connectivity index (χ3n) is 6.71. The first-order valence-corrected chi connectivity index (χ1v) is 15.1. The summed E-state index contributed by atoms with van der Waals surface area (Å²) in [5.41, 5.74) is 2.05. The van der Waals surface area contributed by atoms with Gasteiger partial charge in [0.1, 0.15) is 18.3 Å². The Bertz CT molecular complexity index is 1200. The fourth-order valence-electron chi connectivity index (χ4n) is 4.61. The Hall–Kier alpha value is -2.59. The molecule has 0 aliphatic heterocycles. The first kappa shape index (κ1) is 29.0. The van der Waals surface area contributed by atoms with Crippen molar-refractivity contribution in [3.05, 3.63) is 58.1 Å². The minimum absolute atomic E-state index is 0.109. The van der Waals surface area contributed by atoms with Gasteiger partial charge in [0.2, 0.25) is 21.8 Å². The summed E-state index contributed by atoms with van der Waals surface area (Å²) in [5.74, 6) is 0.0263. The second-order valence-corrected chi connectivity index (χ2v) is 12.2. The molecule has 1 aliphatic rings. The van der Waals surface area contributed by atoms with Crippen LogP contribution in [-0.4, -0.2) is 57.1 Å². The molecule has 0 spiro atoms. The van der Waals surface area contributed by atoms with Crippen LogP contribution in [0.25, 0.3) is 0 Å². The molecule has 8 nitrogen and oxygen atoms in total. The summed E-state index contributed by atoms with van der Waals surface area (Å²) in [6.45, 7) is 3.46. The number of carbonyl (C=O) groups excluding carboxylic acids is 2. The highest BCUT2D eigenvalue weighted by Gasteiger charge is 2.33. The fraction of sp³-hybridized carbons (Fsp3) is 0.481. The lowest BCUT2D eigenvalue weighted by atomic mass is 10.1. The van der Waals surface area contributed by atoms with Crippen molar-refractivity contribution in [2.75, 3.05) is 24.2 Å². The van der Waals surface area contributed by atoms with Gasteiger partial charge in [-0.2, -0.15) is 0 Å². The number of amides is 2. The van der Waals surface area contributed by atoms with Crippen LogP contribution in [0.15, 0.2) is 46.9 Å². The van der Waals surface area contributed by atoms with Gasteiger partial charge in [0.15, 0.2) is 0 Å². The number of carbonyl (C=O) groups is 2. The number of anilines is 1. The van der Waals surface area contributed by atoms with Gasteiger partial charge < -0.3 is 15.0 Å². The van der Waals surface area contributed by atoms with E-state index >= 15 is 0 Å². The second-order valence-electron chi connectivity index (χ2n) is 9.49. The topological polar surface area (TPSA) is 96.0 Å². The number of sulfonamides is 1. The van der Waals surface area contributed by atoms with Crippen molar-refractivity contribution >= 4 is 43.5 Å². The summed E-state index contributed by atoms with van der Waals surface area (Å²) in [6.07, 6.45) is 5.49. The van der Waals surface area contributed by atoms with Crippen LogP contribution in [-0.2, 0) is 26.2 Å². The van der Waals surface area contributed by atoms with E-state index in [1.807, 2.05) is 26.0 Å². The van der Waals surface area contributed by atoms with Crippen LogP contribution in [0.3, 0.4) is 0 Å². The largest absolute Gasteiger partial charge is 0.497 e. The number of nitrogens with one attached hydrogen (secondary N) is 1. The maximum Gasteiger partial charge on any atom is 0.244 e. The van der Waals surface area contributed by atoms with Crippen molar-refractivity contribution in [1.82, 2.24) is 10.2 Å². The summed E-state index contributed by atoms with van der Waals surface area (Å²) < 4.78 is 32.7. The third-order valence-corrected chi connectivity index (χ3v) is 8.74. The molecule has 1 atom stereocenters. The Morgan fingerprint density at radius 3 is 2.32 bits per heavy atom. The number of halogens is 1. The van der Waals surface area contributed by atoms with E-state index in [2.05, 4.69) is 21.2 Å². The minimum atomic E-state index is -3.78. The monoisotopic (exact) mass is 593 g/mol. The van der Waals surface area contributed by atoms with Gasteiger partial charge >= 0.3 is 0 Å². The zero-order chi connectivity index (χ0) is 27.2. The van der Waals surface area contributed by atoms with Crippen LogP contribution >= 0.6 is 15.9 Å². The van der Waals surface area contributed by atoms with Gasteiger partial charge in [-0.15, -0.1) is 0 Å². The molecule has 0 saturated heterocycles. The van der Waals surface area contributed by atoms with E-state index in [4.69, 9.17) is 4.74 Å². The van der Waals surface area contributed by atoms with Crippen molar-refractivity contribution in [2.24, 2.45) is 0 Å². The number of hydrogen-bond acceptors (Lipinski definition) is 5. The summed E-state index contributed by atoms with van der Waals surface area (Å²) >= 11 is 3.43. The molecule has 0 radical (unpaired) electrons. The van der Waals surface area contributed by atoms with E-state index < -0.39 is 28.5 Å². The lowest BCUT2D eigenvalue weighted by molar-refractivity contribution is -0.140. The highest BCUT2D eigenvalue weighted by molar-refractivity contribution is 9.10. The maximum absolute atomic E-state index is 13.8. The summed E-state index contributed by atoms with van der Waals surface area (Å²) in [5, 5.41) is 3.11. The van der Waals surface area contributed by atoms with Crippen LogP contribution in [0.2, 0.25) is 0 Å². The third kappa shape index (κ3) is 7.70. The average molecular weight is 595 g/mol. The van der Waals surface area contributed by atoms with Crippen LogP contribution in [0.1, 0.15) is 50.2 Å². The highest BCUT2D eigenvalue weighted by atomic mass is 79.9. The van der Waals surface area contributed by atoms with Crippen molar-refractivity contribution < 1.29 is 22.7 Å². The molecule has 10 heteroatoms. The molecule has 0 aromatic heterocycles. The van der Waals surface area contributed by atoms with Crippen molar-refractivity contribution in [2.45, 2.75) is 64.6 Å². The molecule has 2 aromatic rings. The normalized spacial score (nSPS) is 14.7. The summed E-state index contributed by atoms with van der Waals surface area (Å²) in [6, 6.07) is 11.8. The van der Waals surface area contributed by atoms with Gasteiger partial charge in [-0.1, -0.05) is 47.8 Å². The lowest BCUT2D eigenvalue weighted by Crippen LogP contribution is -2.53. The zero-order valence-electron chi connectivity index (χ0n) is 21.9. The fourth-order valence-corrected chi connectivity index (χ4v) is 5.70. The van der Waals surface area contributed by atoms with Crippen molar-refractivity contribution in [1.29, 1.82) is 0 Å². The Kier molecular flexibility index (Phi) is 10.0. The number of hydrogen-bond donors (Lipinski definition) is 1. The predicted molar refractivity (Wildman–Crippen MR) is 149 cm³/mol. The van der Waals surface area contributed by atoms with E-state index in [-0.39, 0.29) is 18.5 Å². The quantitative estimate of drug-likeness (QED) is 0.416. The van der Waals surface area contributed by atoms with Gasteiger partial charge in [0.25, 0.3) is 0 Å². The summed E-state index contributed by atoms with van der Waals surface area (Å²) in [4.78, 5) is 28.6. The molecule has 0 bridgehead atoms. The molecule has 1 aliphatic carbocycles. The molecule has 2 aromatic carbocycles. The molecule has 37 heavy (non-hydrogen) atoms. The molecule has 1 saturated carbocycles. The Morgan fingerprint density at radius 2 is 1.78 bits per heavy atom. The van der Waals surface area contributed by atoms with E-state index in [1.54, 1.807) is 37.4 Å². The minimum Gasteiger partial charge on any atom is -0.497 e. The van der Waals surface area contributed by atoms with Gasteiger partial charge in [-0.05, 0) is 67.6 Å².